The summed E-state index contributed by atoms with van der Waals surface area (Å²) in [7, 11) is 3.54. The molecule has 26 heavy (non-hydrogen) atoms. The van der Waals surface area contributed by atoms with Gasteiger partial charge in [0.25, 0.3) is 0 Å². The van der Waals surface area contributed by atoms with Gasteiger partial charge in [-0.3, -0.25) is 13.9 Å². The van der Waals surface area contributed by atoms with Crippen molar-refractivity contribution in [1.82, 2.24) is 18.9 Å². The highest BCUT2D eigenvalue weighted by Gasteiger charge is 2.32. The van der Waals surface area contributed by atoms with Crippen molar-refractivity contribution < 1.29 is 4.79 Å². The monoisotopic (exact) mass is 353 g/mol. The third-order valence-electron chi connectivity index (χ3n) is 5.15. The number of aryl methyl sites for hydroxylation is 2. The molecule has 0 fully saturated rings. The molecular formula is C19H23N5O2. The van der Waals surface area contributed by atoms with Crippen LogP contribution in [0.1, 0.15) is 44.2 Å². The Hall–Kier alpha value is -2.83. The Morgan fingerprint density at radius 3 is 2.50 bits per heavy atom. The van der Waals surface area contributed by atoms with Crippen LogP contribution in [0.15, 0.2) is 29.2 Å². The van der Waals surface area contributed by atoms with Crippen LogP contribution in [0.4, 0.5) is 5.82 Å². The van der Waals surface area contributed by atoms with Crippen molar-refractivity contribution in [2.24, 2.45) is 14.1 Å². The lowest BCUT2D eigenvalue weighted by atomic mass is 9.87. The summed E-state index contributed by atoms with van der Waals surface area (Å²) in [6.45, 7) is 6.17. The zero-order chi connectivity index (χ0) is 18.8. The average molecular weight is 353 g/mol. The molecule has 4 rings (SSSR count). The van der Waals surface area contributed by atoms with Crippen LogP contribution in [0.5, 0.6) is 0 Å². The molecule has 1 aliphatic heterocycles. The van der Waals surface area contributed by atoms with E-state index >= 15 is 0 Å². The summed E-state index contributed by atoms with van der Waals surface area (Å²) in [6.07, 6.45) is 2.22. The fourth-order valence-electron chi connectivity index (χ4n) is 3.77. The molecule has 0 aliphatic carbocycles. The van der Waals surface area contributed by atoms with E-state index in [2.05, 4.69) is 31.2 Å². The van der Waals surface area contributed by atoms with Crippen LogP contribution in [0.2, 0.25) is 0 Å². The van der Waals surface area contributed by atoms with Gasteiger partial charge in [0.1, 0.15) is 5.82 Å². The lowest BCUT2D eigenvalue weighted by molar-refractivity contribution is -0.116. The average Bonchev–Trinajstić information content (AvgIpc) is 3.10. The van der Waals surface area contributed by atoms with Gasteiger partial charge in [0.15, 0.2) is 0 Å². The van der Waals surface area contributed by atoms with Crippen LogP contribution in [-0.2, 0) is 24.4 Å². The number of imidazole rings is 1. The minimum absolute atomic E-state index is 0.0180. The minimum atomic E-state index is -0.226. The van der Waals surface area contributed by atoms with E-state index in [0.29, 0.717) is 6.42 Å². The summed E-state index contributed by atoms with van der Waals surface area (Å²) in [5.41, 5.74) is 3.50. The fourth-order valence-corrected chi connectivity index (χ4v) is 3.77. The maximum absolute atomic E-state index is 12.4. The highest BCUT2D eigenvalue weighted by atomic mass is 16.2. The predicted octanol–water partition coefficient (Wildman–Crippen LogP) is 2.30. The molecule has 3 aromatic rings. The van der Waals surface area contributed by atoms with Gasteiger partial charge in [0.05, 0.1) is 22.8 Å². The van der Waals surface area contributed by atoms with Crippen molar-refractivity contribution >= 4 is 22.8 Å². The normalized spacial score (nSPS) is 17.4. The number of amides is 1. The zero-order valence-electron chi connectivity index (χ0n) is 15.7. The molecule has 0 spiro atoms. The lowest BCUT2D eigenvalue weighted by Crippen LogP contribution is -2.30. The van der Waals surface area contributed by atoms with Crippen molar-refractivity contribution in [1.29, 1.82) is 0 Å². The minimum Gasteiger partial charge on any atom is -0.311 e. The topological polar surface area (TPSA) is 73.8 Å². The zero-order valence-corrected chi connectivity index (χ0v) is 15.7. The molecule has 1 aliphatic rings. The van der Waals surface area contributed by atoms with E-state index in [-0.39, 0.29) is 23.1 Å². The highest BCUT2D eigenvalue weighted by Crippen LogP contribution is 2.39. The van der Waals surface area contributed by atoms with Gasteiger partial charge in [-0.05, 0) is 38.5 Å². The first-order chi connectivity index (χ1) is 12.2. The van der Waals surface area contributed by atoms with Crippen molar-refractivity contribution in [3.05, 3.63) is 46.0 Å². The van der Waals surface area contributed by atoms with E-state index in [9.17, 15) is 9.59 Å². The number of nitrogens with zero attached hydrogens (tertiary/aromatic N) is 4. The van der Waals surface area contributed by atoms with E-state index in [1.165, 1.54) is 0 Å². The molecular weight excluding hydrogens is 330 g/mol. The third-order valence-corrected chi connectivity index (χ3v) is 5.15. The third kappa shape index (κ3) is 2.30. The van der Waals surface area contributed by atoms with E-state index in [4.69, 9.17) is 0 Å². The second-order valence-corrected chi connectivity index (χ2v) is 7.98. The number of carbonyl (C=O) groups is 1. The molecule has 136 valence electrons. The number of rotatable bonds is 1. The molecule has 1 amide bonds. The first kappa shape index (κ1) is 16.6. The molecule has 3 heterocycles. The van der Waals surface area contributed by atoms with Crippen molar-refractivity contribution in [2.75, 3.05) is 5.32 Å². The molecule has 0 unspecified atom stereocenters. The van der Waals surface area contributed by atoms with Gasteiger partial charge in [0.2, 0.25) is 5.91 Å². The highest BCUT2D eigenvalue weighted by molar-refractivity contribution is 5.94. The fraction of sp³-hybridized carbons (Fsp3) is 0.421. The van der Waals surface area contributed by atoms with Gasteiger partial charge in [-0.25, -0.2) is 9.48 Å². The molecule has 2 aromatic heterocycles. The number of carbonyl (C=O) groups excluding carboxylic acids is 1. The van der Waals surface area contributed by atoms with Gasteiger partial charge in [-0.15, -0.1) is 0 Å². The second kappa shape index (κ2) is 5.33. The molecule has 7 nitrogen and oxygen atoms in total. The maximum atomic E-state index is 12.4. The van der Waals surface area contributed by atoms with E-state index in [1.807, 2.05) is 29.1 Å². The van der Waals surface area contributed by atoms with Crippen molar-refractivity contribution in [3.63, 3.8) is 0 Å². The van der Waals surface area contributed by atoms with Gasteiger partial charge in [0, 0.05) is 32.0 Å². The molecule has 0 bridgehead atoms. The predicted molar refractivity (Wildman–Crippen MR) is 100 cm³/mol. The molecule has 1 aromatic carbocycles. The molecule has 0 radical (unpaired) electrons. The van der Waals surface area contributed by atoms with E-state index < -0.39 is 0 Å². The Kier molecular flexibility index (Phi) is 3.41. The van der Waals surface area contributed by atoms with Crippen molar-refractivity contribution in [2.45, 2.75) is 38.6 Å². The SMILES string of the molecule is Cn1c(=O)n(C)c2cc([C@H]3CC(=O)Nc4c3cnn4C(C)(C)C)ccc21. The summed E-state index contributed by atoms with van der Waals surface area (Å²) in [4.78, 5) is 24.6. The molecule has 0 saturated carbocycles. The Morgan fingerprint density at radius 1 is 1.12 bits per heavy atom. The number of hydrogen-bond donors (Lipinski definition) is 1. The van der Waals surface area contributed by atoms with Gasteiger partial charge < -0.3 is 5.32 Å². The summed E-state index contributed by atoms with van der Waals surface area (Å²) in [5.74, 6) is 0.672. The smallest absolute Gasteiger partial charge is 0.311 e. The standard InChI is InChI=1S/C19H23N5O2/c1-19(2,3)24-17-13(10-20-24)12(9-16(25)21-17)11-6-7-14-15(8-11)23(5)18(26)22(14)4/h6-8,10,12H,9H2,1-5H3,(H,21,25)/t12-/m1/s1. The summed E-state index contributed by atoms with van der Waals surface area (Å²) < 4.78 is 5.14. The van der Waals surface area contributed by atoms with Gasteiger partial charge >= 0.3 is 5.69 Å². The number of hydrogen-bond acceptors (Lipinski definition) is 3. The molecule has 1 atom stereocenters. The van der Waals surface area contributed by atoms with E-state index in [1.54, 1.807) is 23.2 Å². The first-order valence-corrected chi connectivity index (χ1v) is 8.72. The number of aromatic nitrogens is 4. The Balaban J connectivity index is 1.89. The number of anilines is 1. The van der Waals surface area contributed by atoms with Crippen LogP contribution in [0.3, 0.4) is 0 Å². The summed E-state index contributed by atoms with van der Waals surface area (Å²) >= 11 is 0. The van der Waals surface area contributed by atoms with Crippen molar-refractivity contribution in [3.8, 4) is 0 Å². The number of fused-ring (bicyclic) bond motifs is 2. The Morgan fingerprint density at radius 2 is 1.81 bits per heavy atom. The number of nitrogens with one attached hydrogen (secondary N) is 1. The van der Waals surface area contributed by atoms with Gasteiger partial charge in [-0.2, -0.15) is 5.10 Å². The molecule has 0 saturated heterocycles. The largest absolute Gasteiger partial charge is 0.328 e. The quantitative estimate of drug-likeness (QED) is 0.729. The van der Waals surface area contributed by atoms with Crippen LogP contribution in [0, 0.1) is 0 Å². The van der Waals surface area contributed by atoms with Gasteiger partial charge in [-0.1, -0.05) is 6.07 Å². The summed E-state index contributed by atoms with van der Waals surface area (Å²) in [5, 5.41) is 7.50. The first-order valence-electron chi connectivity index (χ1n) is 8.72. The lowest BCUT2D eigenvalue weighted by Gasteiger charge is -2.28. The Labute approximate surface area is 151 Å². The second-order valence-electron chi connectivity index (χ2n) is 7.98. The van der Waals surface area contributed by atoms with E-state index in [0.717, 1.165) is 28.0 Å². The Bertz CT molecular complexity index is 1090. The van der Waals surface area contributed by atoms with Crippen LogP contribution in [-0.4, -0.2) is 24.8 Å². The maximum Gasteiger partial charge on any atom is 0.328 e. The molecule has 7 heteroatoms. The molecule has 1 N–H and O–H groups in total. The van der Waals surface area contributed by atoms with Crippen LogP contribution < -0.4 is 11.0 Å². The summed E-state index contributed by atoms with van der Waals surface area (Å²) in [6, 6.07) is 5.97. The van der Waals surface area contributed by atoms with Crippen LogP contribution in [0.25, 0.3) is 11.0 Å². The van der Waals surface area contributed by atoms with Crippen LogP contribution >= 0.6 is 0 Å². The number of benzene rings is 1.